The lowest BCUT2D eigenvalue weighted by Gasteiger charge is -2.24. The van der Waals surface area contributed by atoms with Gasteiger partial charge in [-0.05, 0) is 204 Å². The van der Waals surface area contributed by atoms with Crippen LogP contribution in [0.5, 0.6) is 40.2 Å². The van der Waals surface area contributed by atoms with Crippen molar-refractivity contribution in [3.8, 4) is 40.2 Å². The summed E-state index contributed by atoms with van der Waals surface area (Å²) in [5.74, 6) is 6.87. The summed E-state index contributed by atoms with van der Waals surface area (Å²) in [7, 11) is 0. The Morgan fingerprint density at radius 1 is 0.365 bits per heavy atom. The van der Waals surface area contributed by atoms with Crippen molar-refractivity contribution >= 4 is 39.8 Å². The van der Waals surface area contributed by atoms with Gasteiger partial charge in [-0.25, -0.2) is 0 Å². The fraction of sp³-hybridized carbons (Fsp3) is 0.408. The van der Waals surface area contributed by atoms with Crippen LogP contribution in [0.15, 0.2) is 127 Å². The van der Waals surface area contributed by atoms with Gasteiger partial charge in [-0.1, -0.05) is 63.2 Å². The summed E-state index contributed by atoms with van der Waals surface area (Å²) >= 11 is 0. The van der Waals surface area contributed by atoms with Gasteiger partial charge in [0, 0.05) is 26.2 Å². The number of fused-ring (bicyclic) bond motifs is 7. The maximum Gasteiger partial charge on any atom is 0.143 e. The van der Waals surface area contributed by atoms with Crippen LogP contribution in [0.25, 0.3) is 0 Å². The van der Waals surface area contributed by atoms with Crippen LogP contribution in [-0.4, -0.2) is 90.6 Å². The summed E-state index contributed by atoms with van der Waals surface area (Å²) in [6.45, 7) is 34.9. The molecule has 454 valence electrons. The highest BCUT2D eigenvalue weighted by Crippen LogP contribution is 2.35. The van der Waals surface area contributed by atoms with Crippen LogP contribution in [0.4, 0.5) is 39.8 Å². The molecule has 0 aromatic heterocycles. The minimum atomic E-state index is 0.203. The van der Waals surface area contributed by atoms with E-state index in [4.69, 9.17) is 33.2 Å². The minimum absolute atomic E-state index is 0.203. The summed E-state index contributed by atoms with van der Waals surface area (Å²) < 4.78 is 38.8. The van der Waals surface area contributed by atoms with Gasteiger partial charge in [-0.15, -0.1) is 0 Å². The number of anilines is 7. The monoisotopic (exact) mass is 1160 g/mol. The van der Waals surface area contributed by atoms with Crippen molar-refractivity contribution in [1.29, 1.82) is 0 Å². The summed E-state index contributed by atoms with van der Waals surface area (Å²) in [6.07, 6.45) is 2.43. The van der Waals surface area contributed by atoms with Crippen molar-refractivity contribution in [3.05, 3.63) is 166 Å². The third-order valence-corrected chi connectivity index (χ3v) is 14.7. The van der Waals surface area contributed by atoms with Crippen molar-refractivity contribution in [2.45, 2.75) is 120 Å². The molecule has 0 aliphatic carbocycles. The number of benzene rings is 7. The largest absolute Gasteiger partial charge is 0.491 e. The molecule has 0 saturated carbocycles. The van der Waals surface area contributed by atoms with E-state index in [-0.39, 0.29) is 11.5 Å². The molecule has 0 bridgehead atoms. The molecular formula is C71H93N7O7. The Balaban J connectivity index is 0.000000129. The van der Waals surface area contributed by atoms with Gasteiger partial charge in [0.05, 0.1) is 71.7 Å². The fourth-order valence-electron chi connectivity index (χ4n) is 9.77. The standard InChI is InChI=1S/C12H17NO.5C10H13NO.C9H11NO/c1-12(2,3)9-4-5-11-10(8-9)13-6-7-14-11;1-7-5-9-10(6-8(7)2)12-4-3-11-9;1-7-3-4-9-10(5-7)12-6-8(2)11-9;1-7-3-4-9-10(5-7)12-8(2)6-11-9;1-8-3-4-10-9(7-8)11-5-2-6-12-10;1-8-3-4-9-10(7-8)12-6-2-5-11-9;1-7-6-11-9-5-3-2-4-8(9)10-7/h4-5,8,13H,6-7H2,1-3H3;5-6,11H,3-4H2,1-2H3;2*3-5,8,11H,6H2,1-2H3;2*3-4,7,11H,2,5-6H2,1H3;2-5,7,10H,6H2,1H3. The molecule has 0 fully saturated rings. The molecule has 3 atom stereocenters. The molecule has 7 aromatic rings. The molecular weight excluding hydrogens is 1060 g/mol. The molecule has 85 heavy (non-hydrogen) atoms. The Kier molecular flexibility index (Phi) is 22.5. The molecule has 7 heterocycles. The zero-order valence-corrected chi connectivity index (χ0v) is 52.4. The Morgan fingerprint density at radius 3 is 1.46 bits per heavy atom. The van der Waals surface area contributed by atoms with Crippen molar-refractivity contribution in [3.63, 3.8) is 0 Å². The third kappa shape index (κ3) is 19.1. The lowest BCUT2D eigenvalue weighted by atomic mass is 9.86. The average molecular weight is 1160 g/mol. The number of hydrogen-bond donors (Lipinski definition) is 7. The molecule has 7 N–H and O–H groups in total. The number of hydrogen-bond acceptors (Lipinski definition) is 14. The van der Waals surface area contributed by atoms with Crippen LogP contribution in [0, 0.1) is 41.5 Å². The van der Waals surface area contributed by atoms with Gasteiger partial charge in [-0.3, -0.25) is 0 Å². The van der Waals surface area contributed by atoms with Gasteiger partial charge in [0.2, 0.25) is 0 Å². The molecule has 14 rings (SSSR count). The second-order valence-corrected chi connectivity index (χ2v) is 23.7. The second-order valence-electron chi connectivity index (χ2n) is 23.7. The minimum Gasteiger partial charge on any atom is -0.491 e. The van der Waals surface area contributed by atoms with Gasteiger partial charge in [0.15, 0.2) is 0 Å². The summed E-state index contributed by atoms with van der Waals surface area (Å²) in [6, 6.07) is 44.4. The lowest BCUT2D eigenvalue weighted by molar-refractivity contribution is 0.226. The van der Waals surface area contributed by atoms with Crippen molar-refractivity contribution in [2.75, 3.05) is 110 Å². The molecule has 0 amide bonds. The SMILES string of the molecule is CC(C)(C)c1ccc2c(c1)NCCO2.CC1COc2ccccc2N1.Cc1cc2c(cc1C)OCCN2.Cc1ccc2c(c1)NCCCO2.Cc1ccc2c(c1)OC(C)CN2.Cc1ccc2c(c1)OCC(C)N2.Cc1ccc2c(c1)OCCCN2. The summed E-state index contributed by atoms with van der Waals surface area (Å²) in [4.78, 5) is 0. The van der Waals surface area contributed by atoms with E-state index < -0.39 is 0 Å². The van der Waals surface area contributed by atoms with E-state index in [9.17, 15) is 0 Å². The quantitative estimate of drug-likeness (QED) is 0.0772. The second kappa shape index (κ2) is 30.5. The normalized spacial score (nSPS) is 17.5. The molecule has 7 aliphatic heterocycles. The molecule has 3 unspecified atom stereocenters. The molecule has 0 saturated heterocycles. The topological polar surface area (TPSA) is 149 Å². The summed E-state index contributed by atoms with van der Waals surface area (Å²) in [5.41, 5.74) is 17.0. The van der Waals surface area contributed by atoms with E-state index in [2.05, 4.69) is 217 Å². The lowest BCUT2D eigenvalue weighted by Crippen LogP contribution is -2.28. The van der Waals surface area contributed by atoms with Crippen LogP contribution in [0.1, 0.15) is 93.3 Å². The van der Waals surface area contributed by atoms with Crippen LogP contribution < -0.4 is 70.4 Å². The smallest absolute Gasteiger partial charge is 0.143 e. The molecule has 7 aliphatic rings. The highest BCUT2D eigenvalue weighted by Gasteiger charge is 2.19. The predicted molar refractivity (Wildman–Crippen MR) is 353 cm³/mol. The first-order chi connectivity index (χ1) is 40.9. The number of ether oxygens (including phenoxy) is 7. The summed E-state index contributed by atoms with van der Waals surface area (Å²) in [5, 5.41) is 23.3. The number of aryl methyl sites for hydroxylation is 6. The van der Waals surface area contributed by atoms with E-state index in [1.54, 1.807) is 0 Å². The van der Waals surface area contributed by atoms with E-state index in [0.29, 0.717) is 12.1 Å². The van der Waals surface area contributed by atoms with Gasteiger partial charge >= 0.3 is 0 Å². The first-order valence-electron chi connectivity index (χ1n) is 30.4. The van der Waals surface area contributed by atoms with E-state index in [0.717, 1.165) is 165 Å². The Labute approximate surface area is 506 Å². The van der Waals surface area contributed by atoms with Gasteiger partial charge < -0.3 is 70.4 Å². The predicted octanol–water partition coefficient (Wildman–Crippen LogP) is 15.5. The first-order valence-corrected chi connectivity index (χ1v) is 30.4. The van der Waals surface area contributed by atoms with Gasteiger partial charge in [0.1, 0.15) is 72.8 Å². The molecule has 7 aromatic carbocycles. The maximum atomic E-state index is 5.65. The number of para-hydroxylation sites is 2. The third-order valence-electron chi connectivity index (χ3n) is 14.7. The fourth-order valence-corrected chi connectivity index (χ4v) is 9.77. The van der Waals surface area contributed by atoms with Gasteiger partial charge in [0.25, 0.3) is 0 Å². The van der Waals surface area contributed by atoms with Crippen LogP contribution in [0.2, 0.25) is 0 Å². The van der Waals surface area contributed by atoms with Crippen LogP contribution >= 0.6 is 0 Å². The number of nitrogens with one attached hydrogen (secondary N) is 7. The van der Waals surface area contributed by atoms with Crippen molar-refractivity contribution in [1.82, 2.24) is 0 Å². The number of rotatable bonds is 0. The zero-order valence-electron chi connectivity index (χ0n) is 52.4. The molecule has 0 radical (unpaired) electrons. The Morgan fingerprint density at radius 2 is 0.800 bits per heavy atom. The van der Waals surface area contributed by atoms with E-state index in [1.807, 2.05) is 30.3 Å². The molecule has 14 heteroatoms. The first kappa shape index (κ1) is 62.8. The highest BCUT2D eigenvalue weighted by atomic mass is 16.5. The van der Waals surface area contributed by atoms with E-state index in [1.165, 1.54) is 38.9 Å². The van der Waals surface area contributed by atoms with Crippen molar-refractivity contribution < 1.29 is 33.2 Å². The molecule has 14 nitrogen and oxygen atoms in total. The Bertz CT molecular complexity index is 3160. The van der Waals surface area contributed by atoms with Crippen molar-refractivity contribution in [2.24, 2.45) is 0 Å². The average Bonchev–Trinajstić information content (AvgIpc) is 4.04. The van der Waals surface area contributed by atoms with Crippen LogP contribution in [-0.2, 0) is 5.41 Å². The highest BCUT2D eigenvalue weighted by molar-refractivity contribution is 5.64. The molecule has 0 spiro atoms. The Hall–Kier alpha value is -8.26. The van der Waals surface area contributed by atoms with E-state index >= 15 is 0 Å². The van der Waals surface area contributed by atoms with Crippen LogP contribution in [0.3, 0.4) is 0 Å². The maximum absolute atomic E-state index is 5.65. The zero-order chi connectivity index (χ0) is 60.3. The van der Waals surface area contributed by atoms with Gasteiger partial charge in [-0.2, -0.15) is 0 Å².